The summed E-state index contributed by atoms with van der Waals surface area (Å²) < 4.78 is 7.16. The molecule has 1 aliphatic heterocycles. The number of hydrogen-bond acceptors (Lipinski definition) is 5. The second kappa shape index (κ2) is 9.80. The topological polar surface area (TPSA) is 89.4 Å². The Kier molecular flexibility index (Phi) is 6.66. The third-order valence-corrected chi connectivity index (χ3v) is 7.07. The summed E-state index contributed by atoms with van der Waals surface area (Å²) in [6.07, 6.45) is 4.49. The fourth-order valence-corrected chi connectivity index (χ4v) is 5.24. The number of aryl methyl sites for hydroxylation is 1. The molecule has 1 saturated heterocycles. The Balaban J connectivity index is 1.22. The second-order valence-electron chi connectivity index (χ2n) is 11.1. The quantitative estimate of drug-likeness (QED) is 0.453. The van der Waals surface area contributed by atoms with Gasteiger partial charge in [-0.05, 0) is 64.3 Å². The molecular formula is C29H30ClN5O3. The Hall–Kier alpha value is -3.83. The van der Waals surface area contributed by atoms with Gasteiger partial charge in [0.25, 0.3) is 5.91 Å². The van der Waals surface area contributed by atoms with Gasteiger partial charge in [0.05, 0.1) is 17.3 Å². The van der Waals surface area contributed by atoms with Gasteiger partial charge < -0.3 is 15.0 Å². The molecule has 1 saturated carbocycles. The van der Waals surface area contributed by atoms with Gasteiger partial charge in [0, 0.05) is 35.8 Å². The van der Waals surface area contributed by atoms with Crippen LogP contribution in [0.2, 0.25) is 5.02 Å². The number of nitrogens with zero attached hydrogens (tertiary/aromatic N) is 4. The molecular weight excluding hydrogens is 502 g/mol. The maximum Gasteiger partial charge on any atom is 0.410 e. The highest BCUT2D eigenvalue weighted by molar-refractivity contribution is 6.34. The lowest BCUT2D eigenvalue weighted by Gasteiger charge is -2.58. The minimum atomic E-state index is -0.515. The van der Waals surface area contributed by atoms with E-state index in [1.54, 1.807) is 15.8 Å². The summed E-state index contributed by atoms with van der Waals surface area (Å²) >= 11 is 6.39. The molecule has 1 N–H and O–H groups in total. The van der Waals surface area contributed by atoms with E-state index in [2.05, 4.69) is 27.2 Å². The summed E-state index contributed by atoms with van der Waals surface area (Å²) in [5.74, 6) is 6.30. The molecule has 38 heavy (non-hydrogen) atoms. The van der Waals surface area contributed by atoms with Crippen molar-refractivity contribution < 1.29 is 14.3 Å². The van der Waals surface area contributed by atoms with E-state index in [0.29, 0.717) is 24.6 Å². The Bertz CT molecular complexity index is 1430. The largest absolute Gasteiger partial charge is 0.444 e. The first-order valence-corrected chi connectivity index (χ1v) is 13.0. The van der Waals surface area contributed by atoms with Crippen molar-refractivity contribution in [3.8, 4) is 11.8 Å². The summed E-state index contributed by atoms with van der Waals surface area (Å²) in [6.45, 7) is 8.76. The smallest absolute Gasteiger partial charge is 0.410 e. The number of aromatic nitrogens is 3. The van der Waals surface area contributed by atoms with Crippen LogP contribution < -0.4 is 5.32 Å². The highest BCUT2D eigenvalue weighted by Gasteiger charge is 2.55. The lowest BCUT2D eigenvalue weighted by atomic mass is 9.61. The highest BCUT2D eigenvalue weighted by atomic mass is 35.5. The van der Waals surface area contributed by atoms with E-state index in [4.69, 9.17) is 16.3 Å². The zero-order chi connectivity index (χ0) is 27.1. The maximum absolute atomic E-state index is 13.2. The zero-order valence-corrected chi connectivity index (χ0v) is 22.7. The van der Waals surface area contributed by atoms with Gasteiger partial charge in [-0.1, -0.05) is 41.6 Å². The predicted octanol–water partition coefficient (Wildman–Crippen LogP) is 5.46. The molecule has 1 aromatic carbocycles. The van der Waals surface area contributed by atoms with Crippen molar-refractivity contribution in [1.29, 1.82) is 0 Å². The first-order chi connectivity index (χ1) is 18.0. The molecule has 0 bridgehead atoms. The predicted molar refractivity (Wildman–Crippen MR) is 145 cm³/mol. The van der Waals surface area contributed by atoms with Crippen molar-refractivity contribution in [2.24, 2.45) is 5.41 Å². The van der Waals surface area contributed by atoms with Crippen molar-refractivity contribution >= 4 is 29.4 Å². The zero-order valence-electron chi connectivity index (χ0n) is 21.9. The third-order valence-electron chi connectivity index (χ3n) is 6.79. The van der Waals surface area contributed by atoms with E-state index in [9.17, 15) is 9.59 Å². The summed E-state index contributed by atoms with van der Waals surface area (Å²) in [5, 5.41) is 7.56. The number of ether oxygens (including phenoxy) is 1. The van der Waals surface area contributed by atoms with Gasteiger partial charge >= 0.3 is 6.09 Å². The van der Waals surface area contributed by atoms with E-state index in [1.165, 1.54) is 6.20 Å². The van der Waals surface area contributed by atoms with E-state index >= 15 is 0 Å². The SMILES string of the molecule is Cc1cc(C#Cc2ccccc2)cnc1NC(=O)c1c(Cl)cnn1C1CC2(C1)CN(C(=O)OC(C)(C)C)C2. The number of pyridine rings is 1. The molecule has 0 atom stereocenters. The molecule has 2 aliphatic rings. The molecule has 3 heterocycles. The standard InChI is InChI=1S/C29H30ClN5O3/c1-19-12-21(11-10-20-8-6-5-7-9-20)15-31-25(19)33-26(36)24-23(30)16-32-35(24)22-13-29(14-22)17-34(18-29)27(37)38-28(2,3)4/h5-9,12,15-16,22H,13-14,17-18H2,1-4H3,(H,31,33,36). The van der Waals surface area contributed by atoms with Crippen LogP contribution in [0.4, 0.5) is 10.6 Å². The molecule has 1 aliphatic carbocycles. The van der Waals surface area contributed by atoms with Crippen LogP contribution in [0, 0.1) is 24.2 Å². The van der Waals surface area contributed by atoms with Crippen molar-refractivity contribution in [2.45, 2.75) is 52.2 Å². The van der Waals surface area contributed by atoms with Crippen LogP contribution in [0.1, 0.15) is 66.8 Å². The monoisotopic (exact) mass is 531 g/mol. The van der Waals surface area contributed by atoms with Gasteiger partial charge in [-0.3, -0.25) is 9.48 Å². The number of benzene rings is 1. The third kappa shape index (κ3) is 5.39. The van der Waals surface area contributed by atoms with Crippen LogP contribution >= 0.6 is 11.6 Å². The van der Waals surface area contributed by atoms with Crippen molar-refractivity contribution in [3.63, 3.8) is 0 Å². The van der Waals surface area contributed by atoms with E-state index in [1.807, 2.05) is 64.1 Å². The molecule has 2 amide bonds. The van der Waals surface area contributed by atoms with Crippen molar-refractivity contribution in [2.75, 3.05) is 18.4 Å². The number of anilines is 1. The van der Waals surface area contributed by atoms with Crippen LogP contribution in [0.15, 0.2) is 48.8 Å². The summed E-state index contributed by atoms with van der Waals surface area (Å²) in [6, 6.07) is 11.6. The summed E-state index contributed by atoms with van der Waals surface area (Å²) in [4.78, 5) is 31.7. The number of carbonyl (C=O) groups is 2. The molecule has 2 aromatic heterocycles. The fraction of sp³-hybridized carbons (Fsp3) is 0.379. The number of carbonyl (C=O) groups excluding carboxylic acids is 2. The molecule has 3 aromatic rings. The number of rotatable bonds is 3. The van der Waals surface area contributed by atoms with E-state index in [0.717, 1.165) is 29.5 Å². The average molecular weight is 532 g/mol. The summed E-state index contributed by atoms with van der Waals surface area (Å²) in [5.41, 5.74) is 2.31. The van der Waals surface area contributed by atoms with Crippen LogP contribution in [0.25, 0.3) is 0 Å². The number of halogens is 1. The molecule has 196 valence electrons. The summed E-state index contributed by atoms with van der Waals surface area (Å²) in [7, 11) is 0. The Morgan fingerprint density at radius 2 is 1.79 bits per heavy atom. The Labute approximate surface area is 227 Å². The number of likely N-dealkylation sites (tertiary alicyclic amines) is 1. The van der Waals surface area contributed by atoms with Gasteiger partial charge in [-0.25, -0.2) is 9.78 Å². The molecule has 0 radical (unpaired) electrons. The molecule has 5 rings (SSSR count). The number of hydrogen-bond donors (Lipinski definition) is 1. The lowest BCUT2D eigenvalue weighted by Crippen LogP contribution is -2.64. The Morgan fingerprint density at radius 3 is 2.45 bits per heavy atom. The van der Waals surface area contributed by atoms with Crippen LogP contribution in [-0.2, 0) is 4.74 Å². The van der Waals surface area contributed by atoms with Gasteiger partial charge in [0.15, 0.2) is 0 Å². The fourth-order valence-electron chi connectivity index (χ4n) is 5.03. The number of nitrogens with one attached hydrogen (secondary N) is 1. The molecule has 0 unspecified atom stereocenters. The van der Waals surface area contributed by atoms with Crippen molar-refractivity contribution in [3.05, 3.63) is 76.2 Å². The average Bonchev–Trinajstić information content (AvgIpc) is 3.18. The molecule has 9 heteroatoms. The highest BCUT2D eigenvalue weighted by Crippen LogP contribution is 2.54. The van der Waals surface area contributed by atoms with Gasteiger partial charge in [-0.15, -0.1) is 0 Å². The first kappa shape index (κ1) is 25.8. The van der Waals surface area contributed by atoms with Gasteiger partial charge in [-0.2, -0.15) is 5.10 Å². The number of amides is 2. The lowest BCUT2D eigenvalue weighted by molar-refractivity contribution is -0.0929. The minimum absolute atomic E-state index is 0.0359. The Morgan fingerprint density at radius 1 is 1.11 bits per heavy atom. The normalized spacial score (nSPS) is 16.2. The minimum Gasteiger partial charge on any atom is -0.444 e. The van der Waals surface area contributed by atoms with E-state index < -0.39 is 5.60 Å². The molecule has 1 spiro atoms. The van der Waals surface area contributed by atoms with E-state index in [-0.39, 0.29) is 28.5 Å². The van der Waals surface area contributed by atoms with Crippen LogP contribution in [0.5, 0.6) is 0 Å². The van der Waals surface area contributed by atoms with Gasteiger partial charge in [0.1, 0.15) is 17.1 Å². The maximum atomic E-state index is 13.2. The van der Waals surface area contributed by atoms with Crippen molar-refractivity contribution in [1.82, 2.24) is 19.7 Å². The molecule has 2 fully saturated rings. The second-order valence-corrected chi connectivity index (χ2v) is 11.6. The first-order valence-electron chi connectivity index (χ1n) is 12.6. The van der Waals surface area contributed by atoms with Crippen LogP contribution in [-0.4, -0.2) is 50.4 Å². The van der Waals surface area contributed by atoms with Gasteiger partial charge in [0.2, 0.25) is 0 Å². The van der Waals surface area contributed by atoms with Crippen LogP contribution in [0.3, 0.4) is 0 Å². The molecule has 8 nitrogen and oxygen atoms in total.